The molecular formula is C23H25NO2S. The Bertz CT molecular complexity index is 945. The summed E-state index contributed by atoms with van der Waals surface area (Å²) in [5.41, 5.74) is 5.68. The molecular weight excluding hydrogens is 354 g/mol. The Kier molecular flexibility index (Phi) is 5.97. The van der Waals surface area contributed by atoms with Gasteiger partial charge in [0.2, 0.25) is 0 Å². The second-order valence-electron chi connectivity index (χ2n) is 6.93. The topological polar surface area (TPSA) is 38.3 Å². The lowest BCUT2D eigenvalue weighted by Gasteiger charge is -2.16. The first kappa shape index (κ1) is 19.2. The van der Waals surface area contributed by atoms with Gasteiger partial charge in [0.1, 0.15) is 12.4 Å². The van der Waals surface area contributed by atoms with E-state index in [2.05, 4.69) is 37.4 Å². The van der Waals surface area contributed by atoms with Crippen molar-refractivity contribution >= 4 is 17.2 Å². The zero-order valence-electron chi connectivity index (χ0n) is 16.2. The van der Waals surface area contributed by atoms with Crippen LogP contribution in [0.25, 0.3) is 0 Å². The van der Waals surface area contributed by atoms with Gasteiger partial charge in [-0.3, -0.25) is 4.79 Å². The zero-order chi connectivity index (χ0) is 19.4. The molecule has 0 aliphatic carbocycles. The van der Waals surface area contributed by atoms with Gasteiger partial charge in [-0.1, -0.05) is 42.0 Å². The third-order valence-electron chi connectivity index (χ3n) is 4.60. The number of para-hydroxylation sites is 1. The summed E-state index contributed by atoms with van der Waals surface area (Å²) in [7, 11) is 0. The molecule has 1 N–H and O–H groups in total. The summed E-state index contributed by atoms with van der Waals surface area (Å²) in [4.78, 5) is 13.3. The van der Waals surface area contributed by atoms with Gasteiger partial charge in [-0.2, -0.15) is 0 Å². The molecule has 140 valence electrons. The van der Waals surface area contributed by atoms with Gasteiger partial charge in [-0.25, -0.2) is 0 Å². The lowest BCUT2D eigenvalue weighted by atomic mass is 10.0. The molecule has 0 fully saturated rings. The van der Waals surface area contributed by atoms with Crippen LogP contribution in [0.4, 0.5) is 0 Å². The van der Waals surface area contributed by atoms with E-state index in [4.69, 9.17) is 4.74 Å². The van der Waals surface area contributed by atoms with Gasteiger partial charge in [0.05, 0.1) is 10.9 Å². The quantitative estimate of drug-likeness (QED) is 0.593. The molecule has 1 amide bonds. The lowest BCUT2D eigenvalue weighted by molar-refractivity contribution is 0.0944. The standard InChI is InChI=1S/C23H25NO2S/c1-15-9-10-20(17(3)11-15)18(4)24-23(25)22-12-19(14-27-22)13-26-21-8-6-5-7-16(21)2/h5-12,14,18H,13H2,1-4H3,(H,24,25). The van der Waals surface area contributed by atoms with Gasteiger partial charge >= 0.3 is 0 Å². The van der Waals surface area contributed by atoms with Crippen molar-refractivity contribution in [1.82, 2.24) is 5.32 Å². The average Bonchev–Trinajstić information content (AvgIpc) is 3.10. The highest BCUT2D eigenvalue weighted by atomic mass is 32.1. The van der Waals surface area contributed by atoms with Crippen LogP contribution in [0.1, 0.15) is 50.5 Å². The number of thiophene rings is 1. The van der Waals surface area contributed by atoms with Gasteiger partial charge in [-0.05, 0) is 61.9 Å². The number of benzene rings is 2. The maximum atomic E-state index is 12.6. The smallest absolute Gasteiger partial charge is 0.261 e. The number of hydrogen-bond acceptors (Lipinski definition) is 3. The first-order valence-electron chi connectivity index (χ1n) is 9.08. The summed E-state index contributed by atoms with van der Waals surface area (Å²) in [5, 5.41) is 5.08. The number of nitrogens with one attached hydrogen (secondary N) is 1. The van der Waals surface area contributed by atoms with Crippen molar-refractivity contribution in [2.45, 2.75) is 40.3 Å². The van der Waals surface area contributed by atoms with Crippen LogP contribution >= 0.6 is 11.3 Å². The van der Waals surface area contributed by atoms with Crippen LogP contribution in [-0.4, -0.2) is 5.91 Å². The van der Waals surface area contributed by atoms with Crippen molar-refractivity contribution in [3.05, 3.63) is 86.6 Å². The summed E-state index contributed by atoms with van der Waals surface area (Å²) in [6.07, 6.45) is 0. The molecule has 2 aromatic carbocycles. The Balaban J connectivity index is 1.62. The van der Waals surface area contributed by atoms with Crippen LogP contribution in [0, 0.1) is 20.8 Å². The van der Waals surface area contributed by atoms with Crippen LogP contribution in [0.2, 0.25) is 0 Å². The maximum absolute atomic E-state index is 12.6. The number of hydrogen-bond donors (Lipinski definition) is 1. The van der Waals surface area contributed by atoms with Crippen molar-refractivity contribution in [2.24, 2.45) is 0 Å². The molecule has 0 spiro atoms. The van der Waals surface area contributed by atoms with Gasteiger partial charge in [0, 0.05) is 5.56 Å². The molecule has 4 heteroatoms. The highest BCUT2D eigenvalue weighted by Crippen LogP contribution is 2.22. The first-order valence-corrected chi connectivity index (χ1v) is 9.96. The fourth-order valence-electron chi connectivity index (χ4n) is 3.11. The molecule has 0 radical (unpaired) electrons. The van der Waals surface area contributed by atoms with Crippen molar-refractivity contribution in [1.29, 1.82) is 0 Å². The number of carbonyl (C=O) groups is 1. The second-order valence-corrected chi connectivity index (χ2v) is 7.84. The van der Waals surface area contributed by atoms with Gasteiger partial charge in [-0.15, -0.1) is 11.3 Å². The number of rotatable bonds is 6. The molecule has 1 heterocycles. The third-order valence-corrected chi connectivity index (χ3v) is 5.58. The molecule has 3 nitrogen and oxygen atoms in total. The van der Waals surface area contributed by atoms with Crippen LogP contribution < -0.4 is 10.1 Å². The summed E-state index contributed by atoms with van der Waals surface area (Å²) < 4.78 is 5.87. The predicted octanol–water partition coefficient (Wildman–Crippen LogP) is 5.74. The Morgan fingerprint density at radius 2 is 1.85 bits per heavy atom. The molecule has 0 saturated carbocycles. The Morgan fingerprint density at radius 1 is 1.07 bits per heavy atom. The number of ether oxygens (including phenoxy) is 1. The van der Waals surface area contributed by atoms with Crippen molar-refractivity contribution in [3.8, 4) is 5.75 Å². The molecule has 1 unspecified atom stereocenters. The monoisotopic (exact) mass is 379 g/mol. The van der Waals surface area contributed by atoms with E-state index in [1.807, 2.05) is 49.6 Å². The molecule has 3 aromatic rings. The Labute approximate surface area is 165 Å². The fourth-order valence-corrected chi connectivity index (χ4v) is 3.91. The van der Waals surface area contributed by atoms with Crippen LogP contribution in [0.5, 0.6) is 5.75 Å². The summed E-state index contributed by atoms with van der Waals surface area (Å²) in [6, 6.07) is 16.1. The van der Waals surface area contributed by atoms with E-state index in [1.54, 1.807) is 0 Å². The van der Waals surface area contributed by atoms with E-state index in [0.717, 1.165) is 22.4 Å². The number of amides is 1. The minimum Gasteiger partial charge on any atom is -0.489 e. The SMILES string of the molecule is Cc1ccc(C(C)NC(=O)c2cc(COc3ccccc3C)cs2)c(C)c1. The van der Waals surface area contributed by atoms with E-state index >= 15 is 0 Å². The van der Waals surface area contributed by atoms with Crippen LogP contribution in [-0.2, 0) is 6.61 Å². The molecule has 0 saturated heterocycles. The van der Waals surface area contributed by atoms with E-state index in [-0.39, 0.29) is 11.9 Å². The minimum absolute atomic E-state index is 0.0353. The predicted molar refractivity (Wildman–Crippen MR) is 112 cm³/mol. The Hall–Kier alpha value is -2.59. The summed E-state index contributed by atoms with van der Waals surface area (Å²) in [6.45, 7) is 8.66. The first-order chi connectivity index (χ1) is 12.9. The maximum Gasteiger partial charge on any atom is 0.261 e. The van der Waals surface area contributed by atoms with Gasteiger partial charge < -0.3 is 10.1 Å². The lowest BCUT2D eigenvalue weighted by Crippen LogP contribution is -2.26. The summed E-state index contributed by atoms with van der Waals surface area (Å²) in [5.74, 6) is 0.827. The average molecular weight is 380 g/mol. The van der Waals surface area contributed by atoms with Crippen LogP contribution in [0.3, 0.4) is 0 Å². The van der Waals surface area contributed by atoms with E-state index < -0.39 is 0 Å². The summed E-state index contributed by atoms with van der Waals surface area (Å²) >= 11 is 1.45. The second kappa shape index (κ2) is 8.40. The molecule has 0 bridgehead atoms. The van der Waals surface area contributed by atoms with Gasteiger partial charge in [0.25, 0.3) is 5.91 Å². The molecule has 1 aromatic heterocycles. The highest BCUT2D eigenvalue weighted by Gasteiger charge is 2.15. The molecule has 27 heavy (non-hydrogen) atoms. The number of carbonyl (C=O) groups excluding carboxylic acids is 1. The molecule has 0 aliphatic rings. The molecule has 3 rings (SSSR count). The largest absolute Gasteiger partial charge is 0.489 e. The highest BCUT2D eigenvalue weighted by molar-refractivity contribution is 7.12. The van der Waals surface area contributed by atoms with E-state index in [9.17, 15) is 4.79 Å². The van der Waals surface area contributed by atoms with Crippen molar-refractivity contribution < 1.29 is 9.53 Å². The van der Waals surface area contributed by atoms with E-state index in [1.165, 1.54) is 22.5 Å². The fraction of sp³-hybridized carbons (Fsp3) is 0.261. The normalized spacial score (nSPS) is 11.9. The van der Waals surface area contributed by atoms with Crippen molar-refractivity contribution in [2.75, 3.05) is 0 Å². The minimum atomic E-state index is -0.0467. The van der Waals surface area contributed by atoms with Crippen LogP contribution in [0.15, 0.2) is 53.9 Å². The van der Waals surface area contributed by atoms with Gasteiger partial charge in [0.15, 0.2) is 0 Å². The zero-order valence-corrected chi connectivity index (χ0v) is 17.0. The molecule has 1 atom stereocenters. The van der Waals surface area contributed by atoms with E-state index in [0.29, 0.717) is 11.5 Å². The molecule has 0 aliphatic heterocycles. The number of aryl methyl sites for hydroxylation is 3. The van der Waals surface area contributed by atoms with Crippen molar-refractivity contribution in [3.63, 3.8) is 0 Å². The Morgan fingerprint density at radius 3 is 2.59 bits per heavy atom. The third kappa shape index (κ3) is 4.77.